The van der Waals surface area contributed by atoms with Crippen molar-refractivity contribution < 1.29 is 0 Å². The molecule has 0 spiro atoms. The van der Waals surface area contributed by atoms with Gasteiger partial charge in [0, 0.05) is 11.3 Å². The van der Waals surface area contributed by atoms with E-state index >= 15 is 0 Å². The summed E-state index contributed by atoms with van der Waals surface area (Å²) in [5, 5.41) is 5.06. The highest BCUT2D eigenvalue weighted by Gasteiger charge is 2.19. The summed E-state index contributed by atoms with van der Waals surface area (Å²) in [6.45, 7) is 6.80. The first-order chi connectivity index (χ1) is 22.0. The SMILES string of the molecule is CC(C)(C)c1ccc(-c2c3ccccc3c(-c3ccc(-c4nc5ccccc5n4-c4ccccc4)cc3)c3ccccc23)cc1. The third-order valence-corrected chi connectivity index (χ3v) is 8.98. The van der Waals surface area contributed by atoms with Gasteiger partial charge in [0.25, 0.3) is 0 Å². The number of hydrogen-bond donors (Lipinski definition) is 0. The molecule has 0 aliphatic rings. The molecule has 45 heavy (non-hydrogen) atoms. The third kappa shape index (κ3) is 4.62. The van der Waals surface area contributed by atoms with Crippen LogP contribution >= 0.6 is 0 Å². The number of imidazole rings is 1. The van der Waals surface area contributed by atoms with Gasteiger partial charge in [0.2, 0.25) is 0 Å². The molecule has 0 fully saturated rings. The van der Waals surface area contributed by atoms with Gasteiger partial charge in [0.1, 0.15) is 5.82 Å². The molecule has 0 saturated heterocycles. The highest BCUT2D eigenvalue weighted by atomic mass is 15.1. The van der Waals surface area contributed by atoms with Gasteiger partial charge in [-0.1, -0.05) is 148 Å². The Hall–Kier alpha value is -5.47. The van der Waals surface area contributed by atoms with Crippen LogP contribution in [0.25, 0.3) is 71.9 Å². The van der Waals surface area contributed by atoms with E-state index in [1.165, 1.54) is 49.4 Å². The fraction of sp³-hybridized carbons (Fsp3) is 0.0930. The van der Waals surface area contributed by atoms with E-state index in [1.807, 2.05) is 0 Å². The van der Waals surface area contributed by atoms with Crippen LogP contribution in [0.4, 0.5) is 0 Å². The average Bonchev–Trinajstić information content (AvgIpc) is 3.47. The van der Waals surface area contributed by atoms with Crippen molar-refractivity contribution in [2.45, 2.75) is 26.2 Å². The first-order valence-corrected chi connectivity index (χ1v) is 15.7. The van der Waals surface area contributed by atoms with Gasteiger partial charge in [-0.3, -0.25) is 4.57 Å². The minimum absolute atomic E-state index is 0.115. The summed E-state index contributed by atoms with van der Waals surface area (Å²) < 4.78 is 2.26. The zero-order chi connectivity index (χ0) is 30.5. The molecule has 7 aromatic carbocycles. The number of aromatic nitrogens is 2. The molecule has 0 aliphatic heterocycles. The van der Waals surface area contributed by atoms with Crippen LogP contribution in [0.2, 0.25) is 0 Å². The maximum Gasteiger partial charge on any atom is 0.145 e. The molecule has 1 heterocycles. The van der Waals surface area contributed by atoms with Gasteiger partial charge in [-0.05, 0) is 79.0 Å². The van der Waals surface area contributed by atoms with Gasteiger partial charge >= 0.3 is 0 Å². The average molecular weight is 579 g/mol. The summed E-state index contributed by atoms with van der Waals surface area (Å²) in [7, 11) is 0. The van der Waals surface area contributed by atoms with Crippen LogP contribution < -0.4 is 0 Å². The fourth-order valence-corrected chi connectivity index (χ4v) is 6.73. The van der Waals surface area contributed by atoms with Crippen LogP contribution in [-0.2, 0) is 5.41 Å². The first kappa shape index (κ1) is 27.1. The molecule has 0 radical (unpaired) electrons. The van der Waals surface area contributed by atoms with Crippen molar-refractivity contribution in [2.75, 3.05) is 0 Å². The number of benzene rings is 7. The van der Waals surface area contributed by atoms with Crippen molar-refractivity contribution in [3.63, 3.8) is 0 Å². The second kappa shape index (κ2) is 10.6. The molecule has 216 valence electrons. The highest BCUT2D eigenvalue weighted by molar-refractivity contribution is 6.21. The molecule has 1 aromatic heterocycles. The van der Waals surface area contributed by atoms with Crippen LogP contribution in [0.15, 0.2) is 152 Å². The molecule has 2 nitrogen and oxygen atoms in total. The first-order valence-electron chi connectivity index (χ1n) is 15.7. The number of hydrogen-bond acceptors (Lipinski definition) is 1. The van der Waals surface area contributed by atoms with Gasteiger partial charge < -0.3 is 0 Å². The van der Waals surface area contributed by atoms with Crippen LogP contribution in [0.3, 0.4) is 0 Å². The molecule has 8 rings (SSSR count). The van der Waals surface area contributed by atoms with Gasteiger partial charge in [0.15, 0.2) is 0 Å². The Morgan fingerprint density at radius 3 is 1.42 bits per heavy atom. The number of rotatable bonds is 4. The van der Waals surface area contributed by atoms with E-state index in [0.717, 1.165) is 28.1 Å². The highest BCUT2D eigenvalue weighted by Crippen LogP contribution is 2.44. The lowest BCUT2D eigenvalue weighted by molar-refractivity contribution is 0.590. The summed E-state index contributed by atoms with van der Waals surface area (Å²) in [5.74, 6) is 0.942. The predicted octanol–water partition coefficient (Wildman–Crippen LogP) is 11.6. The molecule has 0 amide bonds. The Kier molecular flexibility index (Phi) is 6.39. The smallest absolute Gasteiger partial charge is 0.145 e. The zero-order valence-electron chi connectivity index (χ0n) is 25.8. The van der Waals surface area contributed by atoms with Crippen LogP contribution in [0.1, 0.15) is 26.3 Å². The number of nitrogens with zero attached hydrogens (tertiary/aromatic N) is 2. The summed E-state index contributed by atoms with van der Waals surface area (Å²) in [4.78, 5) is 5.09. The lowest BCUT2D eigenvalue weighted by Crippen LogP contribution is -2.10. The summed E-state index contributed by atoms with van der Waals surface area (Å²) >= 11 is 0. The van der Waals surface area contributed by atoms with E-state index in [9.17, 15) is 0 Å². The fourth-order valence-electron chi connectivity index (χ4n) is 6.73. The van der Waals surface area contributed by atoms with Gasteiger partial charge in [-0.2, -0.15) is 0 Å². The molecule has 0 saturated carbocycles. The van der Waals surface area contributed by atoms with E-state index in [4.69, 9.17) is 4.98 Å². The minimum atomic E-state index is 0.115. The Morgan fingerprint density at radius 1 is 0.444 bits per heavy atom. The number of para-hydroxylation sites is 3. The topological polar surface area (TPSA) is 17.8 Å². The molecule has 0 atom stereocenters. The van der Waals surface area contributed by atoms with Crippen molar-refractivity contribution >= 4 is 32.6 Å². The molecule has 0 bridgehead atoms. The number of fused-ring (bicyclic) bond motifs is 3. The van der Waals surface area contributed by atoms with E-state index < -0.39 is 0 Å². The van der Waals surface area contributed by atoms with Crippen molar-refractivity contribution in [1.82, 2.24) is 9.55 Å². The lowest BCUT2D eigenvalue weighted by Gasteiger charge is -2.21. The van der Waals surface area contributed by atoms with E-state index in [2.05, 4.69) is 177 Å². The minimum Gasteiger partial charge on any atom is -0.292 e. The maximum atomic E-state index is 5.09. The molecular formula is C43H34N2. The second-order valence-electron chi connectivity index (χ2n) is 12.8. The summed E-state index contributed by atoms with van der Waals surface area (Å²) in [6.07, 6.45) is 0. The normalized spacial score (nSPS) is 11.9. The molecule has 0 aliphatic carbocycles. The lowest BCUT2D eigenvalue weighted by atomic mass is 9.83. The van der Waals surface area contributed by atoms with Gasteiger partial charge in [0.05, 0.1) is 11.0 Å². The quantitative estimate of drug-likeness (QED) is 0.190. The maximum absolute atomic E-state index is 5.09. The molecular weight excluding hydrogens is 544 g/mol. The Bertz CT molecular complexity index is 2260. The van der Waals surface area contributed by atoms with E-state index in [1.54, 1.807) is 0 Å². The van der Waals surface area contributed by atoms with Crippen LogP contribution in [0.5, 0.6) is 0 Å². The summed E-state index contributed by atoms with van der Waals surface area (Å²) in [6, 6.07) is 54.7. The summed E-state index contributed by atoms with van der Waals surface area (Å²) in [5.41, 5.74) is 10.7. The standard InChI is InChI=1S/C43H34N2/c1-43(2,3)32-27-25-30(26-28-32)41-36-17-9-7-15-34(36)40(35-16-8-10-18-37(35)41)29-21-23-31(24-22-29)42-44-38-19-11-12-20-39(38)45(42)33-13-5-4-6-14-33/h4-28H,1-3H3. The Balaban J connectivity index is 1.31. The molecule has 8 aromatic rings. The monoisotopic (exact) mass is 578 g/mol. The van der Waals surface area contributed by atoms with E-state index in [-0.39, 0.29) is 5.41 Å². The van der Waals surface area contributed by atoms with Gasteiger partial charge in [-0.25, -0.2) is 4.98 Å². The second-order valence-corrected chi connectivity index (χ2v) is 12.8. The van der Waals surface area contributed by atoms with Crippen molar-refractivity contribution in [1.29, 1.82) is 0 Å². The van der Waals surface area contributed by atoms with Crippen molar-refractivity contribution in [3.05, 3.63) is 157 Å². The van der Waals surface area contributed by atoms with E-state index in [0.29, 0.717) is 0 Å². The Labute approximate surface area is 264 Å². The molecule has 0 unspecified atom stereocenters. The van der Waals surface area contributed by atoms with Crippen molar-refractivity contribution in [3.8, 4) is 39.3 Å². The zero-order valence-corrected chi connectivity index (χ0v) is 25.8. The van der Waals surface area contributed by atoms with Gasteiger partial charge in [-0.15, -0.1) is 0 Å². The third-order valence-electron chi connectivity index (χ3n) is 8.98. The predicted molar refractivity (Wildman–Crippen MR) is 191 cm³/mol. The van der Waals surface area contributed by atoms with Crippen molar-refractivity contribution in [2.24, 2.45) is 0 Å². The van der Waals surface area contributed by atoms with Crippen LogP contribution in [0, 0.1) is 0 Å². The largest absolute Gasteiger partial charge is 0.292 e. The molecule has 2 heteroatoms. The molecule has 0 N–H and O–H groups in total. The Morgan fingerprint density at radius 2 is 0.889 bits per heavy atom. The van der Waals surface area contributed by atoms with Crippen LogP contribution in [-0.4, -0.2) is 9.55 Å².